The van der Waals surface area contributed by atoms with Crippen molar-refractivity contribution in [2.24, 2.45) is 11.1 Å². The molecule has 0 atom stereocenters. The molecule has 17 heavy (non-hydrogen) atoms. The zero-order chi connectivity index (χ0) is 12.6. The molecule has 1 heterocycles. The van der Waals surface area contributed by atoms with Gasteiger partial charge in [-0.1, -0.05) is 12.8 Å². The van der Waals surface area contributed by atoms with Crippen LogP contribution in [0.15, 0.2) is 4.90 Å². The molecule has 1 fully saturated rings. The number of sulfonamides is 1. The normalized spacial score (nSPS) is 17.8. The average Bonchev–Trinajstić information content (AvgIpc) is 2.75. The largest absolute Gasteiger partial charge is 0.268 e. The Labute approximate surface area is 102 Å². The van der Waals surface area contributed by atoms with E-state index in [2.05, 4.69) is 5.10 Å². The number of nitrogens with zero attached hydrogens (tertiary/aromatic N) is 2. The fourth-order valence-electron chi connectivity index (χ4n) is 2.71. The maximum atomic E-state index is 11.4. The van der Waals surface area contributed by atoms with Crippen LogP contribution in [0.2, 0.25) is 0 Å². The van der Waals surface area contributed by atoms with Gasteiger partial charge in [-0.25, -0.2) is 13.6 Å². The lowest BCUT2D eigenvalue weighted by Crippen LogP contribution is -2.15. The maximum absolute atomic E-state index is 11.4. The molecule has 0 saturated heterocycles. The van der Waals surface area contributed by atoms with Crippen molar-refractivity contribution in [3.8, 4) is 0 Å². The fourth-order valence-corrected chi connectivity index (χ4v) is 3.68. The van der Waals surface area contributed by atoms with E-state index in [0.29, 0.717) is 17.3 Å². The third kappa shape index (κ3) is 2.52. The number of rotatable bonds is 3. The summed E-state index contributed by atoms with van der Waals surface area (Å²) >= 11 is 0. The fraction of sp³-hybridized carbons (Fsp3) is 0.727. The van der Waals surface area contributed by atoms with Crippen molar-refractivity contribution < 1.29 is 8.42 Å². The van der Waals surface area contributed by atoms with Crippen LogP contribution >= 0.6 is 0 Å². The molecule has 96 valence electrons. The summed E-state index contributed by atoms with van der Waals surface area (Å²) in [6.45, 7) is 4.27. The summed E-state index contributed by atoms with van der Waals surface area (Å²) in [7, 11) is -3.66. The molecule has 2 rings (SSSR count). The van der Waals surface area contributed by atoms with Crippen LogP contribution in [0.4, 0.5) is 0 Å². The summed E-state index contributed by atoms with van der Waals surface area (Å²) in [4.78, 5) is 0.190. The number of aromatic nitrogens is 2. The molecule has 0 radical (unpaired) electrons. The lowest BCUT2D eigenvalue weighted by atomic mass is 10.1. The second-order valence-corrected chi connectivity index (χ2v) is 6.38. The minimum atomic E-state index is -3.66. The second-order valence-electron chi connectivity index (χ2n) is 4.88. The van der Waals surface area contributed by atoms with Crippen molar-refractivity contribution in [3.63, 3.8) is 0 Å². The molecule has 1 aromatic rings. The van der Waals surface area contributed by atoms with Gasteiger partial charge >= 0.3 is 0 Å². The zero-order valence-corrected chi connectivity index (χ0v) is 11.1. The molecule has 1 aliphatic carbocycles. The predicted molar refractivity (Wildman–Crippen MR) is 65.0 cm³/mol. The van der Waals surface area contributed by atoms with Crippen LogP contribution in [-0.4, -0.2) is 18.2 Å². The number of primary sulfonamides is 1. The van der Waals surface area contributed by atoms with Crippen molar-refractivity contribution >= 4 is 10.0 Å². The molecule has 0 unspecified atom stereocenters. The Kier molecular flexibility index (Phi) is 3.27. The Morgan fingerprint density at radius 3 is 2.41 bits per heavy atom. The molecule has 0 bridgehead atoms. The van der Waals surface area contributed by atoms with Crippen LogP contribution in [0.25, 0.3) is 0 Å². The number of hydrogen-bond donors (Lipinski definition) is 1. The van der Waals surface area contributed by atoms with E-state index in [4.69, 9.17) is 5.14 Å². The first-order valence-electron chi connectivity index (χ1n) is 5.96. The van der Waals surface area contributed by atoms with Crippen molar-refractivity contribution in [3.05, 3.63) is 11.4 Å². The van der Waals surface area contributed by atoms with E-state index in [9.17, 15) is 8.42 Å². The van der Waals surface area contributed by atoms with E-state index in [1.54, 1.807) is 18.5 Å². The van der Waals surface area contributed by atoms with E-state index in [-0.39, 0.29) is 4.90 Å². The minimum absolute atomic E-state index is 0.190. The van der Waals surface area contributed by atoms with Crippen molar-refractivity contribution in [2.45, 2.75) is 51.0 Å². The Balaban J connectivity index is 2.30. The lowest BCUT2D eigenvalue weighted by molar-refractivity contribution is 0.421. The van der Waals surface area contributed by atoms with Gasteiger partial charge in [-0.2, -0.15) is 5.10 Å². The predicted octanol–water partition coefficient (Wildman–Crippen LogP) is 1.34. The highest BCUT2D eigenvalue weighted by molar-refractivity contribution is 7.89. The van der Waals surface area contributed by atoms with Gasteiger partial charge in [0.1, 0.15) is 4.90 Å². The molecule has 1 aliphatic rings. The van der Waals surface area contributed by atoms with Gasteiger partial charge < -0.3 is 0 Å². The quantitative estimate of drug-likeness (QED) is 0.887. The monoisotopic (exact) mass is 257 g/mol. The Bertz CT molecular complexity index is 513. The third-order valence-electron chi connectivity index (χ3n) is 3.51. The van der Waals surface area contributed by atoms with Gasteiger partial charge in [0.25, 0.3) is 0 Å². The highest BCUT2D eigenvalue weighted by Crippen LogP contribution is 2.27. The molecule has 0 aliphatic heterocycles. The van der Waals surface area contributed by atoms with Crippen LogP contribution in [0, 0.1) is 19.8 Å². The molecule has 0 amide bonds. The Morgan fingerprint density at radius 1 is 1.35 bits per heavy atom. The van der Waals surface area contributed by atoms with Crippen LogP contribution in [0.5, 0.6) is 0 Å². The highest BCUT2D eigenvalue weighted by Gasteiger charge is 2.23. The summed E-state index contributed by atoms with van der Waals surface area (Å²) in [6, 6.07) is 0. The van der Waals surface area contributed by atoms with Gasteiger partial charge in [-0.05, 0) is 32.6 Å². The van der Waals surface area contributed by atoms with Gasteiger partial charge in [-0.15, -0.1) is 0 Å². The van der Waals surface area contributed by atoms with Crippen molar-refractivity contribution in [1.82, 2.24) is 9.78 Å². The van der Waals surface area contributed by atoms with E-state index >= 15 is 0 Å². The molecule has 1 aromatic heterocycles. The first-order valence-corrected chi connectivity index (χ1v) is 7.51. The van der Waals surface area contributed by atoms with E-state index < -0.39 is 10.0 Å². The lowest BCUT2D eigenvalue weighted by Gasteiger charge is -2.10. The van der Waals surface area contributed by atoms with Gasteiger partial charge in [0.05, 0.1) is 11.4 Å². The van der Waals surface area contributed by atoms with Crippen LogP contribution in [-0.2, 0) is 16.6 Å². The SMILES string of the molecule is Cc1nn(CC2CCCC2)c(C)c1S(N)(=O)=O. The highest BCUT2D eigenvalue weighted by atomic mass is 32.2. The number of hydrogen-bond acceptors (Lipinski definition) is 3. The van der Waals surface area contributed by atoms with Crippen LogP contribution in [0.1, 0.15) is 37.1 Å². The molecule has 1 saturated carbocycles. The van der Waals surface area contributed by atoms with Gasteiger partial charge in [0.15, 0.2) is 0 Å². The first kappa shape index (κ1) is 12.6. The molecular weight excluding hydrogens is 238 g/mol. The summed E-state index contributed by atoms with van der Waals surface area (Å²) in [6.07, 6.45) is 4.96. The van der Waals surface area contributed by atoms with Gasteiger partial charge in [0, 0.05) is 6.54 Å². The number of aryl methyl sites for hydroxylation is 1. The first-order chi connectivity index (χ1) is 7.89. The average molecular weight is 257 g/mol. The molecular formula is C11H19N3O2S. The topological polar surface area (TPSA) is 78.0 Å². The maximum Gasteiger partial charge on any atom is 0.241 e. The second kappa shape index (κ2) is 4.42. The molecule has 0 spiro atoms. The van der Waals surface area contributed by atoms with Crippen molar-refractivity contribution in [1.29, 1.82) is 0 Å². The smallest absolute Gasteiger partial charge is 0.241 e. The standard InChI is InChI=1S/C11H19N3O2S/c1-8-11(17(12,15)16)9(2)14(13-8)7-10-5-3-4-6-10/h10H,3-7H2,1-2H3,(H2,12,15,16). The summed E-state index contributed by atoms with van der Waals surface area (Å²) in [5.74, 6) is 0.626. The third-order valence-corrected chi connectivity index (χ3v) is 4.67. The summed E-state index contributed by atoms with van der Waals surface area (Å²) < 4.78 is 24.7. The van der Waals surface area contributed by atoms with Crippen LogP contribution < -0.4 is 5.14 Å². The van der Waals surface area contributed by atoms with Gasteiger partial charge in [0.2, 0.25) is 10.0 Å². The molecule has 6 heteroatoms. The minimum Gasteiger partial charge on any atom is -0.268 e. The zero-order valence-electron chi connectivity index (χ0n) is 10.3. The summed E-state index contributed by atoms with van der Waals surface area (Å²) in [5.41, 5.74) is 1.17. The molecule has 2 N–H and O–H groups in total. The van der Waals surface area contributed by atoms with Crippen molar-refractivity contribution in [2.75, 3.05) is 0 Å². The Morgan fingerprint density at radius 2 is 1.94 bits per heavy atom. The van der Waals surface area contributed by atoms with E-state index in [0.717, 1.165) is 6.54 Å². The Hall–Kier alpha value is -0.880. The molecule has 5 nitrogen and oxygen atoms in total. The van der Waals surface area contributed by atoms with Crippen LogP contribution in [0.3, 0.4) is 0 Å². The number of nitrogens with two attached hydrogens (primary N) is 1. The molecule has 0 aromatic carbocycles. The summed E-state index contributed by atoms with van der Waals surface area (Å²) in [5, 5.41) is 9.50. The van der Waals surface area contributed by atoms with E-state index in [1.165, 1.54) is 25.7 Å². The van der Waals surface area contributed by atoms with E-state index in [1.807, 2.05) is 0 Å². The van der Waals surface area contributed by atoms with Gasteiger partial charge in [-0.3, -0.25) is 4.68 Å².